The number of amides is 3. The van der Waals surface area contributed by atoms with E-state index in [0.717, 1.165) is 11.1 Å². The molecule has 0 saturated carbocycles. The van der Waals surface area contributed by atoms with Crippen molar-refractivity contribution in [1.82, 2.24) is 20.5 Å². The highest BCUT2D eigenvalue weighted by Crippen LogP contribution is 2.22. The number of halogens is 2. The van der Waals surface area contributed by atoms with Gasteiger partial charge in [-0.3, -0.25) is 19.4 Å². The minimum atomic E-state index is -3.35. The number of rotatable bonds is 14. The molecule has 3 rings (SSSR count). The molecule has 0 fully saturated rings. The number of hydrogen-bond donors (Lipinski definition) is 3. The third-order valence-corrected chi connectivity index (χ3v) is 6.36. The van der Waals surface area contributed by atoms with Crippen LogP contribution in [0.3, 0.4) is 0 Å². The number of benzene rings is 2. The lowest BCUT2D eigenvalue weighted by molar-refractivity contribution is -0.149. The molecule has 1 heterocycles. The number of aromatic nitrogens is 1. The molecular formula is C31H36F2N4O5. The molecule has 1 aromatic heterocycles. The summed E-state index contributed by atoms with van der Waals surface area (Å²) in [5, 5.41) is 16.3. The molecule has 3 N–H and O–H groups in total. The number of carbonyl (C=O) groups is 3. The summed E-state index contributed by atoms with van der Waals surface area (Å²) in [5.41, 5.74) is 3.03. The van der Waals surface area contributed by atoms with Crippen LogP contribution in [0.2, 0.25) is 0 Å². The van der Waals surface area contributed by atoms with Gasteiger partial charge in [0.25, 0.3) is 17.7 Å². The quantitative estimate of drug-likeness (QED) is 0.269. The number of nitrogens with zero attached hydrogens (tertiary/aromatic N) is 2. The van der Waals surface area contributed by atoms with E-state index in [1.807, 2.05) is 32.0 Å². The molecule has 2 aromatic carbocycles. The van der Waals surface area contributed by atoms with E-state index in [2.05, 4.69) is 15.6 Å². The van der Waals surface area contributed by atoms with Crippen LogP contribution in [0.1, 0.15) is 29.2 Å². The zero-order valence-corrected chi connectivity index (χ0v) is 23.8. The number of para-hydroxylation sites is 1. The van der Waals surface area contributed by atoms with Gasteiger partial charge < -0.3 is 25.4 Å². The average molecular weight is 583 g/mol. The van der Waals surface area contributed by atoms with E-state index >= 15 is 0 Å². The van der Waals surface area contributed by atoms with Gasteiger partial charge in [-0.2, -0.15) is 0 Å². The number of nitrogens with one attached hydrogen (secondary N) is 2. The number of aryl methyl sites for hydroxylation is 2. The molecule has 2 atom stereocenters. The van der Waals surface area contributed by atoms with E-state index in [1.165, 1.54) is 6.20 Å². The first kappa shape index (κ1) is 32.1. The zero-order valence-electron chi connectivity index (χ0n) is 23.8. The molecule has 11 heteroatoms. The van der Waals surface area contributed by atoms with Crippen molar-refractivity contribution in [2.45, 2.75) is 51.8 Å². The van der Waals surface area contributed by atoms with E-state index in [9.17, 15) is 28.3 Å². The number of aliphatic hydroxyl groups is 1. The summed E-state index contributed by atoms with van der Waals surface area (Å²) in [5.74, 6) is -5.25. The predicted octanol–water partition coefficient (Wildman–Crippen LogP) is 2.97. The fourth-order valence-corrected chi connectivity index (χ4v) is 4.36. The molecule has 0 spiro atoms. The second-order valence-electron chi connectivity index (χ2n) is 10.2. The molecule has 3 aromatic rings. The highest BCUT2D eigenvalue weighted by Gasteiger charge is 2.36. The maximum atomic E-state index is 14.1. The number of aliphatic hydroxyl groups excluding tert-OH is 1. The summed E-state index contributed by atoms with van der Waals surface area (Å²) in [7, 11) is 0. The van der Waals surface area contributed by atoms with Crippen LogP contribution in [0.4, 0.5) is 8.78 Å². The van der Waals surface area contributed by atoms with Crippen molar-refractivity contribution in [2.75, 3.05) is 19.7 Å². The molecule has 0 saturated heterocycles. The van der Waals surface area contributed by atoms with Crippen LogP contribution < -0.4 is 15.4 Å². The number of carbonyl (C=O) groups excluding carboxylic acids is 3. The summed E-state index contributed by atoms with van der Waals surface area (Å²) < 4.78 is 33.9. The first-order chi connectivity index (χ1) is 19.9. The highest BCUT2D eigenvalue weighted by atomic mass is 19.3. The van der Waals surface area contributed by atoms with Crippen molar-refractivity contribution in [3.8, 4) is 5.75 Å². The van der Waals surface area contributed by atoms with Crippen LogP contribution in [0, 0.1) is 13.8 Å². The lowest BCUT2D eigenvalue weighted by atomic mass is 10.00. The van der Waals surface area contributed by atoms with E-state index in [0.29, 0.717) is 28.7 Å². The normalized spacial score (nSPS) is 12.6. The lowest BCUT2D eigenvalue weighted by Crippen LogP contribution is -2.56. The molecule has 224 valence electrons. The second kappa shape index (κ2) is 15.0. The summed E-state index contributed by atoms with van der Waals surface area (Å²) in [4.78, 5) is 43.4. The van der Waals surface area contributed by atoms with Gasteiger partial charge in [-0.25, -0.2) is 8.78 Å². The van der Waals surface area contributed by atoms with Crippen molar-refractivity contribution < 1.29 is 33.0 Å². The Morgan fingerprint density at radius 1 is 0.976 bits per heavy atom. The standard InChI is InChI=1S/C31H36F2N4O5/c1-21-9-7-10-22(2)29(21)42-19-27(39)36-25(15-23-11-5-4-6-12-23)28(40)30(41)37(20-31(3,32)33)18-26(38)35-17-24-13-8-14-34-16-24/h4-14,16,25,28,40H,15,17-20H2,1-3H3,(H,35,38)(H,36,39). The molecule has 9 nitrogen and oxygen atoms in total. The largest absolute Gasteiger partial charge is 0.483 e. The maximum absolute atomic E-state index is 14.1. The Balaban J connectivity index is 1.74. The summed E-state index contributed by atoms with van der Waals surface area (Å²) in [6.45, 7) is 2.14. The first-order valence-electron chi connectivity index (χ1n) is 13.5. The lowest BCUT2D eigenvalue weighted by Gasteiger charge is -2.31. The van der Waals surface area contributed by atoms with E-state index < -0.39 is 55.5 Å². The van der Waals surface area contributed by atoms with E-state index in [1.54, 1.807) is 48.7 Å². The van der Waals surface area contributed by atoms with E-state index in [-0.39, 0.29) is 13.0 Å². The third kappa shape index (κ3) is 10.2. The maximum Gasteiger partial charge on any atom is 0.262 e. The van der Waals surface area contributed by atoms with Crippen LogP contribution >= 0.6 is 0 Å². The molecule has 2 unspecified atom stereocenters. The molecule has 0 bridgehead atoms. The minimum absolute atomic E-state index is 0.0203. The molecule has 0 aliphatic heterocycles. The topological polar surface area (TPSA) is 121 Å². The Morgan fingerprint density at radius 2 is 1.64 bits per heavy atom. The van der Waals surface area contributed by atoms with Gasteiger partial charge in [-0.05, 0) is 48.6 Å². The van der Waals surface area contributed by atoms with Crippen molar-refractivity contribution in [3.05, 3.63) is 95.3 Å². The van der Waals surface area contributed by atoms with Gasteiger partial charge in [0.2, 0.25) is 5.91 Å². The Morgan fingerprint density at radius 3 is 2.26 bits per heavy atom. The van der Waals surface area contributed by atoms with Crippen molar-refractivity contribution in [3.63, 3.8) is 0 Å². The summed E-state index contributed by atoms with van der Waals surface area (Å²) >= 11 is 0. The monoisotopic (exact) mass is 582 g/mol. The summed E-state index contributed by atoms with van der Waals surface area (Å²) in [6, 6.07) is 16.5. The van der Waals surface area contributed by atoms with Crippen LogP contribution in [0.5, 0.6) is 5.75 Å². The number of pyridine rings is 1. The molecule has 42 heavy (non-hydrogen) atoms. The van der Waals surface area contributed by atoms with Crippen LogP contribution in [0.15, 0.2) is 73.1 Å². The second-order valence-corrected chi connectivity index (χ2v) is 10.2. The molecule has 0 aliphatic carbocycles. The highest BCUT2D eigenvalue weighted by molar-refractivity contribution is 5.88. The van der Waals surface area contributed by atoms with Crippen molar-refractivity contribution in [1.29, 1.82) is 0 Å². The van der Waals surface area contributed by atoms with Gasteiger partial charge in [0.15, 0.2) is 12.7 Å². The Bertz CT molecular complexity index is 1320. The fourth-order valence-electron chi connectivity index (χ4n) is 4.36. The van der Waals surface area contributed by atoms with Gasteiger partial charge in [0, 0.05) is 25.9 Å². The van der Waals surface area contributed by atoms with Gasteiger partial charge >= 0.3 is 0 Å². The number of ether oxygens (including phenoxy) is 1. The Kier molecular flexibility index (Phi) is 11.5. The third-order valence-electron chi connectivity index (χ3n) is 6.36. The van der Waals surface area contributed by atoms with Crippen molar-refractivity contribution in [2.24, 2.45) is 0 Å². The van der Waals surface area contributed by atoms with Gasteiger partial charge in [-0.15, -0.1) is 0 Å². The van der Waals surface area contributed by atoms with Gasteiger partial charge in [0.1, 0.15) is 5.75 Å². The Hall–Kier alpha value is -4.38. The Labute approximate surface area is 243 Å². The molecule has 0 aliphatic rings. The van der Waals surface area contributed by atoms with Gasteiger partial charge in [-0.1, -0.05) is 54.6 Å². The first-order valence-corrected chi connectivity index (χ1v) is 13.5. The number of alkyl halides is 2. The van der Waals surface area contributed by atoms with E-state index in [4.69, 9.17) is 4.74 Å². The van der Waals surface area contributed by atoms with Crippen LogP contribution in [0.25, 0.3) is 0 Å². The molecule has 0 radical (unpaired) electrons. The molecular weight excluding hydrogens is 546 g/mol. The van der Waals surface area contributed by atoms with Crippen molar-refractivity contribution >= 4 is 17.7 Å². The zero-order chi connectivity index (χ0) is 30.7. The average Bonchev–Trinajstić information content (AvgIpc) is 2.95. The summed E-state index contributed by atoms with van der Waals surface area (Å²) in [6.07, 6.45) is 1.19. The predicted molar refractivity (Wildman–Crippen MR) is 153 cm³/mol. The minimum Gasteiger partial charge on any atom is -0.483 e. The molecule has 3 amide bonds. The number of hydrogen-bond acceptors (Lipinski definition) is 6. The van der Waals surface area contributed by atoms with Gasteiger partial charge in [0.05, 0.1) is 19.1 Å². The van der Waals surface area contributed by atoms with Crippen LogP contribution in [-0.2, 0) is 27.3 Å². The fraction of sp³-hybridized carbons (Fsp3) is 0.355. The SMILES string of the molecule is Cc1cccc(C)c1OCC(=O)NC(Cc1ccccc1)C(O)C(=O)N(CC(=O)NCc1cccnc1)CC(C)(F)F. The van der Waals surface area contributed by atoms with Crippen LogP contribution in [-0.4, -0.2) is 70.5 Å². The smallest absolute Gasteiger partial charge is 0.262 e.